The Labute approximate surface area is 115 Å². The lowest BCUT2D eigenvalue weighted by Crippen LogP contribution is -2.58. The zero-order valence-electron chi connectivity index (χ0n) is 10.3. The molecule has 2 amide bonds. The SMILES string of the molecule is CCC1C(=O)NC(=O)CN1c1ccc(Cl)cc1C#N. The molecule has 1 aliphatic heterocycles. The van der Waals surface area contributed by atoms with Gasteiger partial charge < -0.3 is 4.90 Å². The monoisotopic (exact) mass is 277 g/mol. The van der Waals surface area contributed by atoms with Crippen molar-refractivity contribution in [1.29, 1.82) is 5.26 Å². The van der Waals surface area contributed by atoms with E-state index in [9.17, 15) is 9.59 Å². The van der Waals surface area contributed by atoms with E-state index in [0.717, 1.165) is 0 Å². The van der Waals surface area contributed by atoms with E-state index < -0.39 is 6.04 Å². The Kier molecular flexibility index (Phi) is 3.72. The quantitative estimate of drug-likeness (QED) is 0.831. The van der Waals surface area contributed by atoms with Gasteiger partial charge >= 0.3 is 0 Å². The zero-order chi connectivity index (χ0) is 14.0. The minimum atomic E-state index is -0.453. The van der Waals surface area contributed by atoms with Crippen LogP contribution in [0.15, 0.2) is 18.2 Å². The average Bonchev–Trinajstić information content (AvgIpc) is 2.37. The van der Waals surface area contributed by atoms with Gasteiger partial charge in [0.25, 0.3) is 0 Å². The Bertz CT molecular complexity index is 580. The number of imide groups is 1. The number of nitriles is 1. The summed E-state index contributed by atoms with van der Waals surface area (Å²) in [6.07, 6.45) is 0.548. The van der Waals surface area contributed by atoms with Crippen LogP contribution in [-0.4, -0.2) is 24.4 Å². The van der Waals surface area contributed by atoms with E-state index in [2.05, 4.69) is 5.32 Å². The summed E-state index contributed by atoms with van der Waals surface area (Å²) >= 11 is 5.85. The molecule has 0 aliphatic carbocycles. The van der Waals surface area contributed by atoms with Crippen LogP contribution in [0.1, 0.15) is 18.9 Å². The normalized spacial score (nSPS) is 19.0. The van der Waals surface area contributed by atoms with Gasteiger partial charge in [0, 0.05) is 5.02 Å². The van der Waals surface area contributed by atoms with Crippen molar-refractivity contribution in [1.82, 2.24) is 5.32 Å². The molecule has 1 aromatic rings. The summed E-state index contributed by atoms with van der Waals surface area (Å²) < 4.78 is 0. The Hall–Kier alpha value is -2.06. The highest BCUT2D eigenvalue weighted by Crippen LogP contribution is 2.27. The maximum absolute atomic E-state index is 11.8. The van der Waals surface area contributed by atoms with Crippen molar-refractivity contribution >= 4 is 29.1 Å². The average molecular weight is 278 g/mol. The number of amides is 2. The molecule has 6 heteroatoms. The van der Waals surface area contributed by atoms with Crippen LogP contribution in [0.25, 0.3) is 0 Å². The van der Waals surface area contributed by atoms with Gasteiger partial charge in [0.2, 0.25) is 11.8 Å². The molecule has 0 bridgehead atoms. The van der Waals surface area contributed by atoms with Crippen molar-refractivity contribution in [3.63, 3.8) is 0 Å². The van der Waals surface area contributed by atoms with Gasteiger partial charge in [0.1, 0.15) is 12.1 Å². The lowest BCUT2D eigenvalue weighted by Gasteiger charge is -2.35. The van der Waals surface area contributed by atoms with Crippen molar-refractivity contribution in [2.45, 2.75) is 19.4 Å². The van der Waals surface area contributed by atoms with E-state index in [1.807, 2.05) is 13.0 Å². The van der Waals surface area contributed by atoms with E-state index in [4.69, 9.17) is 16.9 Å². The third-order valence-electron chi connectivity index (χ3n) is 3.03. The van der Waals surface area contributed by atoms with Gasteiger partial charge in [-0.1, -0.05) is 18.5 Å². The molecule has 0 radical (unpaired) electrons. The van der Waals surface area contributed by atoms with Crippen LogP contribution >= 0.6 is 11.6 Å². The van der Waals surface area contributed by atoms with E-state index >= 15 is 0 Å². The molecular weight excluding hydrogens is 266 g/mol. The summed E-state index contributed by atoms with van der Waals surface area (Å²) in [5.74, 6) is -0.703. The lowest BCUT2D eigenvalue weighted by molar-refractivity contribution is -0.132. The van der Waals surface area contributed by atoms with Crippen LogP contribution in [0.5, 0.6) is 0 Å². The minimum Gasteiger partial charge on any atom is -0.349 e. The number of halogens is 1. The van der Waals surface area contributed by atoms with Crippen LogP contribution < -0.4 is 10.2 Å². The van der Waals surface area contributed by atoms with E-state index in [0.29, 0.717) is 22.7 Å². The first-order valence-electron chi connectivity index (χ1n) is 5.86. The maximum Gasteiger partial charge on any atom is 0.249 e. The molecule has 0 spiro atoms. The summed E-state index contributed by atoms with van der Waals surface area (Å²) in [6.45, 7) is 1.91. The fourth-order valence-electron chi connectivity index (χ4n) is 2.17. The summed E-state index contributed by atoms with van der Waals surface area (Å²) in [7, 11) is 0. The molecule has 1 N–H and O–H groups in total. The number of carbonyl (C=O) groups excluding carboxylic acids is 2. The molecule has 5 nitrogen and oxygen atoms in total. The van der Waals surface area contributed by atoms with Crippen molar-refractivity contribution in [2.75, 3.05) is 11.4 Å². The first kappa shape index (κ1) is 13.4. The molecule has 19 heavy (non-hydrogen) atoms. The predicted molar refractivity (Wildman–Crippen MR) is 70.7 cm³/mol. The second kappa shape index (κ2) is 5.29. The van der Waals surface area contributed by atoms with Gasteiger partial charge in [0.15, 0.2) is 0 Å². The molecule has 1 saturated heterocycles. The molecule has 1 heterocycles. The van der Waals surface area contributed by atoms with Gasteiger partial charge in [-0.2, -0.15) is 5.26 Å². The van der Waals surface area contributed by atoms with Gasteiger partial charge in [-0.05, 0) is 24.6 Å². The number of anilines is 1. The van der Waals surface area contributed by atoms with Crippen molar-refractivity contribution < 1.29 is 9.59 Å². The van der Waals surface area contributed by atoms with Gasteiger partial charge in [0.05, 0.1) is 17.8 Å². The third kappa shape index (κ3) is 2.54. The number of nitrogens with zero attached hydrogens (tertiary/aromatic N) is 2. The molecule has 0 saturated carbocycles. The van der Waals surface area contributed by atoms with Crippen LogP contribution in [0, 0.1) is 11.3 Å². The largest absolute Gasteiger partial charge is 0.349 e. The zero-order valence-corrected chi connectivity index (χ0v) is 11.1. The lowest BCUT2D eigenvalue weighted by atomic mass is 10.1. The number of piperazine rings is 1. The predicted octanol–water partition coefficient (Wildman–Crippen LogP) is 1.45. The molecule has 0 aromatic heterocycles. The highest BCUT2D eigenvalue weighted by Gasteiger charge is 2.33. The standard InChI is InChI=1S/C13H12ClN3O2/c1-2-10-13(19)16-12(18)7-17(10)11-4-3-9(14)5-8(11)6-15/h3-5,10H,2,7H2,1H3,(H,16,18,19). The topological polar surface area (TPSA) is 73.2 Å². The van der Waals surface area contributed by atoms with Gasteiger partial charge in [-0.25, -0.2) is 0 Å². The number of rotatable bonds is 2. The minimum absolute atomic E-state index is 0.0561. The van der Waals surface area contributed by atoms with Crippen LogP contribution in [0.2, 0.25) is 5.02 Å². The Morgan fingerprint density at radius 2 is 2.26 bits per heavy atom. The number of hydrogen-bond acceptors (Lipinski definition) is 4. The van der Waals surface area contributed by atoms with E-state index in [1.54, 1.807) is 17.0 Å². The van der Waals surface area contributed by atoms with Crippen molar-refractivity contribution in [3.8, 4) is 6.07 Å². The number of carbonyl (C=O) groups is 2. The van der Waals surface area contributed by atoms with E-state index in [-0.39, 0.29) is 18.4 Å². The highest BCUT2D eigenvalue weighted by atomic mass is 35.5. The summed E-state index contributed by atoms with van der Waals surface area (Å²) in [4.78, 5) is 25.0. The molecule has 1 fully saturated rings. The molecule has 1 aromatic carbocycles. The number of hydrogen-bond donors (Lipinski definition) is 1. The fraction of sp³-hybridized carbons (Fsp3) is 0.308. The van der Waals surface area contributed by atoms with Gasteiger partial charge in [-0.3, -0.25) is 14.9 Å². The molecule has 1 aliphatic rings. The van der Waals surface area contributed by atoms with Crippen LogP contribution in [-0.2, 0) is 9.59 Å². The first-order chi connectivity index (χ1) is 9.06. The summed E-state index contributed by atoms with van der Waals surface area (Å²) in [5, 5.41) is 11.9. The fourth-order valence-corrected chi connectivity index (χ4v) is 2.35. The highest BCUT2D eigenvalue weighted by molar-refractivity contribution is 6.30. The van der Waals surface area contributed by atoms with Crippen molar-refractivity contribution in [3.05, 3.63) is 28.8 Å². The van der Waals surface area contributed by atoms with E-state index in [1.165, 1.54) is 6.07 Å². The number of nitrogens with one attached hydrogen (secondary N) is 1. The smallest absolute Gasteiger partial charge is 0.249 e. The second-order valence-corrected chi connectivity index (χ2v) is 4.67. The van der Waals surface area contributed by atoms with Crippen LogP contribution in [0.3, 0.4) is 0 Å². The summed E-state index contributed by atoms with van der Waals surface area (Å²) in [6, 6.07) is 6.42. The number of benzene rings is 1. The summed E-state index contributed by atoms with van der Waals surface area (Å²) in [5.41, 5.74) is 0.912. The van der Waals surface area contributed by atoms with Crippen LogP contribution in [0.4, 0.5) is 5.69 Å². The molecule has 2 rings (SSSR count). The Morgan fingerprint density at radius 1 is 1.53 bits per heavy atom. The molecule has 1 atom stereocenters. The Balaban J connectivity index is 2.46. The second-order valence-electron chi connectivity index (χ2n) is 4.24. The molecular formula is C13H12ClN3O2. The maximum atomic E-state index is 11.8. The Morgan fingerprint density at radius 3 is 2.89 bits per heavy atom. The van der Waals surface area contributed by atoms with Crippen molar-refractivity contribution in [2.24, 2.45) is 0 Å². The first-order valence-corrected chi connectivity index (χ1v) is 6.24. The molecule has 1 unspecified atom stereocenters. The molecule has 98 valence electrons. The van der Waals surface area contributed by atoms with Gasteiger partial charge in [-0.15, -0.1) is 0 Å². The third-order valence-corrected chi connectivity index (χ3v) is 3.27.